The zero-order valence-electron chi connectivity index (χ0n) is 6.64. The van der Waals surface area contributed by atoms with Crippen LogP contribution in [0.3, 0.4) is 0 Å². The summed E-state index contributed by atoms with van der Waals surface area (Å²) in [4.78, 5) is 14.0. The SMILES string of the molecule is O=Cc1nc(Cc2ccco2)no1. The van der Waals surface area contributed by atoms with Crippen molar-refractivity contribution in [1.82, 2.24) is 10.1 Å². The fourth-order valence-electron chi connectivity index (χ4n) is 0.956. The van der Waals surface area contributed by atoms with Gasteiger partial charge in [-0.25, -0.2) is 0 Å². The third-order valence-electron chi connectivity index (χ3n) is 1.50. The van der Waals surface area contributed by atoms with Crippen LogP contribution in [-0.4, -0.2) is 16.4 Å². The van der Waals surface area contributed by atoms with E-state index in [1.807, 2.05) is 0 Å². The van der Waals surface area contributed by atoms with Crippen LogP contribution in [-0.2, 0) is 6.42 Å². The van der Waals surface area contributed by atoms with Gasteiger partial charge < -0.3 is 8.94 Å². The predicted molar refractivity (Wildman–Crippen MR) is 41.2 cm³/mol. The van der Waals surface area contributed by atoms with E-state index < -0.39 is 0 Å². The van der Waals surface area contributed by atoms with Crippen LogP contribution < -0.4 is 0 Å². The molecule has 66 valence electrons. The van der Waals surface area contributed by atoms with E-state index in [2.05, 4.69) is 14.7 Å². The Hall–Kier alpha value is -1.91. The molecule has 0 aliphatic carbocycles. The molecule has 2 aromatic rings. The van der Waals surface area contributed by atoms with Crippen LogP contribution in [0.2, 0.25) is 0 Å². The zero-order valence-corrected chi connectivity index (χ0v) is 6.64. The van der Waals surface area contributed by atoms with E-state index in [1.165, 1.54) is 0 Å². The molecular formula is C8H6N2O3. The number of rotatable bonds is 3. The Labute approximate surface area is 73.4 Å². The van der Waals surface area contributed by atoms with Crippen LogP contribution in [0, 0.1) is 0 Å². The van der Waals surface area contributed by atoms with E-state index in [9.17, 15) is 4.79 Å². The van der Waals surface area contributed by atoms with Crippen LogP contribution >= 0.6 is 0 Å². The van der Waals surface area contributed by atoms with E-state index in [0.717, 1.165) is 5.76 Å². The molecule has 0 N–H and O–H groups in total. The molecular weight excluding hydrogens is 172 g/mol. The first-order chi connectivity index (χ1) is 6.38. The zero-order chi connectivity index (χ0) is 9.10. The number of nitrogens with zero attached hydrogens (tertiary/aromatic N) is 2. The number of carbonyl (C=O) groups is 1. The molecule has 0 bridgehead atoms. The summed E-state index contributed by atoms with van der Waals surface area (Å²) >= 11 is 0. The fraction of sp³-hybridized carbons (Fsp3) is 0.125. The lowest BCUT2D eigenvalue weighted by molar-refractivity contribution is 0.108. The summed E-state index contributed by atoms with van der Waals surface area (Å²) in [6, 6.07) is 3.58. The number of hydrogen-bond acceptors (Lipinski definition) is 5. The Kier molecular flexibility index (Phi) is 1.91. The van der Waals surface area contributed by atoms with Crippen molar-refractivity contribution < 1.29 is 13.7 Å². The first kappa shape index (κ1) is 7.72. The van der Waals surface area contributed by atoms with Crippen LogP contribution in [0.5, 0.6) is 0 Å². The highest BCUT2D eigenvalue weighted by molar-refractivity contribution is 5.66. The fourth-order valence-corrected chi connectivity index (χ4v) is 0.956. The number of hydrogen-bond donors (Lipinski definition) is 0. The minimum Gasteiger partial charge on any atom is -0.469 e. The number of carbonyl (C=O) groups excluding carboxylic acids is 1. The minimum absolute atomic E-state index is 0.0124. The van der Waals surface area contributed by atoms with E-state index in [4.69, 9.17) is 4.42 Å². The Balaban J connectivity index is 2.14. The van der Waals surface area contributed by atoms with Crippen molar-refractivity contribution in [1.29, 1.82) is 0 Å². The monoisotopic (exact) mass is 178 g/mol. The summed E-state index contributed by atoms with van der Waals surface area (Å²) in [5.74, 6) is 1.16. The molecule has 0 unspecified atom stereocenters. The summed E-state index contributed by atoms with van der Waals surface area (Å²) in [5.41, 5.74) is 0. The third-order valence-corrected chi connectivity index (χ3v) is 1.50. The average Bonchev–Trinajstić information content (AvgIpc) is 2.76. The summed E-state index contributed by atoms with van der Waals surface area (Å²) < 4.78 is 9.66. The van der Waals surface area contributed by atoms with E-state index in [-0.39, 0.29) is 5.89 Å². The second kappa shape index (κ2) is 3.22. The van der Waals surface area contributed by atoms with Crippen LogP contribution in [0.15, 0.2) is 27.3 Å². The van der Waals surface area contributed by atoms with Gasteiger partial charge in [0, 0.05) is 0 Å². The summed E-state index contributed by atoms with van der Waals surface area (Å²) in [7, 11) is 0. The lowest BCUT2D eigenvalue weighted by Gasteiger charge is -1.86. The van der Waals surface area contributed by atoms with Gasteiger partial charge in [0.25, 0.3) is 5.89 Å². The quantitative estimate of drug-likeness (QED) is 0.657. The largest absolute Gasteiger partial charge is 0.469 e. The molecule has 2 rings (SSSR count). The summed E-state index contributed by atoms with van der Waals surface area (Å²) in [6.45, 7) is 0. The van der Waals surface area contributed by atoms with Crippen molar-refractivity contribution in [3.8, 4) is 0 Å². The topological polar surface area (TPSA) is 69.1 Å². The Bertz CT molecular complexity index is 391. The standard InChI is InChI=1S/C8H6N2O3/c11-5-8-9-7(10-13-8)4-6-2-1-3-12-6/h1-3,5H,4H2. The van der Waals surface area contributed by atoms with Crippen molar-refractivity contribution in [2.75, 3.05) is 0 Å². The second-order valence-electron chi connectivity index (χ2n) is 2.42. The number of aromatic nitrogens is 2. The first-order valence-electron chi connectivity index (χ1n) is 3.68. The van der Waals surface area contributed by atoms with Gasteiger partial charge in [-0.3, -0.25) is 4.79 Å². The highest BCUT2D eigenvalue weighted by atomic mass is 16.5. The van der Waals surface area contributed by atoms with Crippen molar-refractivity contribution in [2.45, 2.75) is 6.42 Å². The first-order valence-corrected chi connectivity index (χ1v) is 3.68. The highest BCUT2D eigenvalue weighted by Gasteiger charge is 2.06. The van der Waals surface area contributed by atoms with E-state index in [1.54, 1.807) is 18.4 Å². The van der Waals surface area contributed by atoms with Gasteiger partial charge >= 0.3 is 0 Å². The molecule has 0 aliphatic rings. The van der Waals surface area contributed by atoms with Gasteiger partial charge in [-0.05, 0) is 12.1 Å². The lowest BCUT2D eigenvalue weighted by Crippen LogP contribution is -1.88. The van der Waals surface area contributed by atoms with Crippen LogP contribution in [0.4, 0.5) is 0 Å². The maximum Gasteiger partial charge on any atom is 0.290 e. The molecule has 0 spiro atoms. The molecule has 13 heavy (non-hydrogen) atoms. The van der Waals surface area contributed by atoms with Gasteiger partial charge in [0.1, 0.15) is 5.76 Å². The summed E-state index contributed by atoms with van der Waals surface area (Å²) in [5, 5.41) is 3.58. The molecule has 5 nitrogen and oxygen atoms in total. The molecule has 0 fully saturated rings. The normalized spacial score (nSPS) is 10.2. The Morgan fingerprint density at radius 2 is 2.46 bits per heavy atom. The van der Waals surface area contributed by atoms with Gasteiger partial charge in [-0.2, -0.15) is 4.98 Å². The van der Waals surface area contributed by atoms with Crippen molar-refractivity contribution in [3.05, 3.63) is 35.9 Å². The van der Waals surface area contributed by atoms with Gasteiger partial charge in [0.2, 0.25) is 6.29 Å². The molecule has 2 aromatic heterocycles. The number of furan rings is 1. The molecule has 0 aliphatic heterocycles. The van der Waals surface area contributed by atoms with Crippen molar-refractivity contribution in [2.24, 2.45) is 0 Å². The van der Waals surface area contributed by atoms with Gasteiger partial charge in [0.05, 0.1) is 12.7 Å². The average molecular weight is 178 g/mol. The predicted octanol–water partition coefficient (Wildman–Crippen LogP) is 1.07. The Morgan fingerprint density at radius 1 is 1.54 bits per heavy atom. The lowest BCUT2D eigenvalue weighted by atomic mass is 10.3. The van der Waals surface area contributed by atoms with Gasteiger partial charge in [0.15, 0.2) is 5.82 Å². The molecule has 0 aromatic carbocycles. The Morgan fingerprint density at radius 3 is 3.08 bits per heavy atom. The van der Waals surface area contributed by atoms with Crippen molar-refractivity contribution in [3.63, 3.8) is 0 Å². The molecule has 0 atom stereocenters. The maximum atomic E-state index is 10.2. The maximum absolute atomic E-state index is 10.2. The van der Waals surface area contributed by atoms with E-state index >= 15 is 0 Å². The molecule has 0 radical (unpaired) electrons. The number of aldehydes is 1. The van der Waals surface area contributed by atoms with Crippen LogP contribution in [0.1, 0.15) is 22.3 Å². The molecule has 0 amide bonds. The minimum atomic E-state index is -0.0124. The molecule has 5 heteroatoms. The smallest absolute Gasteiger partial charge is 0.290 e. The van der Waals surface area contributed by atoms with Gasteiger partial charge in [-0.15, -0.1) is 0 Å². The second-order valence-corrected chi connectivity index (χ2v) is 2.42. The summed E-state index contributed by atoms with van der Waals surface area (Å²) in [6.07, 6.45) is 2.51. The van der Waals surface area contributed by atoms with Crippen molar-refractivity contribution >= 4 is 6.29 Å². The highest BCUT2D eigenvalue weighted by Crippen LogP contribution is 2.06. The third kappa shape index (κ3) is 1.64. The van der Waals surface area contributed by atoms with Gasteiger partial charge in [-0.1, -0.05) is 5.16 Å². The molecule has 0 saturated carbocycles. The van der Waals surface area contributed by atoms with Crippen LogP contribution in [0.25, 0.3) is 0 Å². The molecule has 2 heterocycles. The molecule has 0 saturated heterocycles. The van der Waals surface area contributed by atoms with E-state index in [0.29, 0.717) is 18.5 Å².